The summed E-state index contributed by atoms with van der Waals surface area (Å²) in [4.78, 5) is 9.46. The van der Waals surface area contributed by atoms with Crippen LogP contribution in [0.4, 0.5) is 11.8 Å². The molecule has 0 atom stereocenters. The van der Waals surface area contributed by atoms with Gasteiger partial charge in [0.05, 0.1) is 17.1 Å². The van der Waals surface area contributed by atoms with Gasteiger partial charge in [0.2, 0.25) is 5.95 Å². The van der Waals surface area contributed by atoms with Crippen molar-refractivity contribution in [3.05, 3.63) is 77.0 Å². The molecule has 1 aliphatic heterocycles. The van der Waals surface area contributed by atoms with Crippen molar-refractivity contribution < 1.29 is 4.74 Å². The van der Waals surface area contributed by atoms with Gasteiger partial charge in [0, 0.05) is 81.8 Å². The molecule has 4 aromatic rings. The number of hydrogen-bond acceptors (Lipinski definition) is 8. The van der Waals surface area contributed by atoms with Crippen LogP contribution in [-0.4, -0.2) is 55.0 Å². The molecule has 1 aromatic carbocycles. The Hall–Kier alpha value is -4.31. The van der Waals surface area contributed by atoms with E-state index in [0.29, 0.717) is 24.2 Å². The highest BCUT2D eigenvalue weighted by atomic mass is 16.5. The SMILES string of the molecule is Cn1ccc(Nc2ncc3c(n2)-c2c(nn(C)c2Cc2cccc(/C(C=N)=C/NC4CCOCC4)c2)CC3)n1. The summed E-state index contributed by atoms with van der Waals surface area (Å²) in [5.74, 6) is 1.23. The standard InChI is InChI=1S/C29H33N9O/c1-37-11-8-26(36-37)33-29-32-17-21-6-7-24-27(28(21)34-29)25(38(2)35-24)15-19-4-3-5-20(14-19)22(16-30)18-31-23-9-12-39-13-10-23/h3-5,8,11,14,16-18,23,30-31H,6-7,9-10,12-13,15H2,1-2H3,(H,32,33,34,36)/b22-18+,30-16?. The van der Waals surface area contributed by atoms with Crippen molar-refractivity contribution in [2.75, 3.05) is 18.5 Å². The molecule has 6 rings (SSSR count). The first kappa shape index (κ1) is 25.0. The van der Waals surface area contributed by atoms with Crippen molar-refractivity contribution in [1.29, 1.82) is 5.41 Å². The first-order valence-electron chi connectivity index (χ1n) is 13.4. The van der Waals surface area contributed by atoms with E-state index in [4.69, 9.17) is 20.2 Å². The lowest BCUT2D eigenvalue weighted by molar-refractivity contribution is 0.0812. The van der Waals surface area contributed by atoms with Gasteiger partial charge in [-0.1, -0.05) is 24.3 Å². The summed E-state index contributed by atoms with van der Waals surface area (Å²) in [6, 6.07) is 10.7. The lowest BCUT2D eigenvalue weighted by Crippen LogP contribution is -2.31. The number of aromatic nitrogens is 6. The molecule has 1 saturated heterocycles. The van der Waals surface area contributed by atoms with Crippen LogP contribution in [0.15, 0.2) is 48.9 Å². The Morgan fingerprint density at radius 2 is 2.03 bits per heavy atom. The number of allylic oxidation sites excluding steroid dienone is 1. The number of aryl methyl sites for hydroxylation is 4. The van der Waals surface area contributed by atoms with E-state index in [9.17, 15) is 0 Å². The van der Waals surface area contributed by atoms with Crippen LogP contribution in [0.25, 0.3) is 16.8 Å². The normalized spacial score (nSPS) is 15.5. The molecule has 1 aliphatic carbocycles. The van der Waals surface area contributed by atoms with Crippen LogP contribution in [0.1, 0.15) is 40.9 Å². The zero-order valence-electron chi connectivity index (χ0n) is 22.3. The smallest absolute Gasteiger partial charge is 0.228 e. The Labute approximate surface area is 227 Å². The Morgan fingerprint density at radius 1 is 1.15 bits per heavy atom. The van der Waals surface area contributed by atoms with Crippen molar-refractivity contribution in [3.8, 4) is 11.3 Å². The Balaban J connectivity index is 1.28. The van der Waals surface area contributed by atoms with E-state index in [1.165, 1.54) is 6.21 Å². The molecular formula is C29H33N9O. The second-order valence-corrected chi connectivity index (χ2v) is 10.1. The molecule has 39 heavy (non-hydrogen) atoms. The van der Waals surface area contributed by atoms with E-state index in [1.807, 2.05) is 43.4 Å². The van der Waals surface area contributed by atoms with Crippen molar-refractivity contribution in [1.82, 2.24) is 34.8 Å². The number of fused-ring (bicyclic) bond motifs is 3. The maximum atomic E-state index is 8.03. The molecule has 3 aromatic heterocycles. The van der Waals surface area contributed by atoms with E-state index >= 15 is 0 Å². The molecule has 2 aliphatic rings. The third kappa shape index (κ3) is 5.33. The number of rotatable bonds is 8. The number of nitrogens with zero attached hydrogens (tertiary/aromatic N) is 6. The average molecular weight is 524 g/mol. The van der Waals surface area contributed by atoms with Gasteiger partial charge in [-0.3, -0.25) is 9.36 Å². The Bertz CT molecular complexity index is 1530. The van der Waals surface area contributed by atoms with Gasteiger partial charge in [0.1, 0.15) is 0 Å². The van der Waals surface area contributed by atoms with Crippen LogP contribution in [-0.2, 0) is 38.1 Å². The highest BCUT2D eigenvalue weighted by Crippen LogP contribution is 2.36. The predicted octanol–water partition coefficient (Wildman–Crippen LogP) is 3.80. The average Bonchev–Trinajstić information content (AvgIpc) is 3.51. The number of benzene rings is 1. The third-order valence-electron chi connectivity index (χ3n) is 7.41. The minimum absolute atomic E-state index is 0.386. The third-order valence-corrected chi connectivity index (χ3v) is 7.41. The monoisotopic (exact) mass is 523 g/mol. The zero-order valence-corrected chi connectivity index (χ0v) is 22.3. The minimum Gasteiger partial charge on any atom is -0.387 e. The summed E-state index contributed by atoms with van der Waals surface area (Å²) in [5, 5.41) is 24.0. The van der Waals surface area contributed by atoms with Crippen LogP contribution in [0, 0.1) is 5.41 Å². The van der Waals surface area contributed by atoms with Crippen molar-refractivity contribution in [3.63, 3.8) is 0 Å². The van der Waals surface area contributed by atoms with Gasteiger partial charge >= 0.3 is 0 Å². The van der Waals surface area contributed by atoms with E-state index in [1.54, 1.807) is 4.68 Å². The molecule has 200 valence electrons. The fourth-order valence-corrected chi connectivity index (χ4v) is 5.32. The van der Waals surface area contributed by atoms with Gasteiger partial charge in [-0.2, -0.15) is 10.2 Å². The molecule has 10 nitrogen and oxygen atoms in total. The molecule has 0 spiro atoms. The highest BCUT2D eigenvalue weighted by Gasteiger charge is 2.26. The summed E-state index contributed by atoms with van der Waals surface area (Å²) in [6.45, 7) is 1.56. The molecule has 0 unspecified atom stereocenters. The molecule has 0 bridgehead atoms. The largest absolute Gasteiger partial charge is 0.387 e. The Kier molecular flexibility index (Phi) is 6.93. The fraction of sp³-hybridized carbons (Fsp3) is 0.345. The maximum Gasteiger partial charge on any atom is 0.228 e. The molecule has 1 fully saturated rings. The summed E-state index contributed by atoms with van der Waals surface area (Å²) in [6.07, 6.45) is 11.6. The lowest BCUT2D eigenvalue weighted by atomic mass is 9.91. The molecule has 0 radical (unpaired) electrons. The molecule has 4 heterocycles. The van der Waals surface area contributed by atoms with Crippen LogP contribution in [0.3, 0.4) is 0 Å². The quantitative estimate of drug-likeness (QED) is 0.301. The number of nitrogens with one attached hydrogen (secondary N) is 3. The van der Waals surface area contributed by atoms with Crippen molar-refractivity contribution >= 4 is 23.6 Å². The van der Waals surface area contributed by atoms with Crippen molar-refractivity contribution in [2.45, 2.75) is 38.1 Å². The van der Waals surface area contributed by atoms with E-state index in [2.05, 4.69) is 45.0 Å². The summed E-state index contributed by atoms with van der Waals surface area (Å²) in [5.41, 5.74) is 8.38. The number of anilines is 2. The van der Waals surface area contributed by atoms with Crippen LogP contribution < -0.4 is 10.6 Å². The highest BCUT2D eigenvalue weighted by molar-refractivity contribution is 6.08. The first-order chi connectivity index (χ1) is 19.1. The second-order valence-electron chi connectivity index (χ2n) is 10.1. The second kappa shape index (κ2) is 10.8. The topological polar surface area (TPSA) is 119 Å². The molecular weight excluding hydrogens is 490 g/mol. The van der Waals surface area contributed by atoms with Gasteiger partial charge in [-0.25, -0.2) is 9.97 Å². The van der Waals surface area contributed by atoms with E-state index in [-0.39, 0.29) is 0 Å². The summed E-state index contributed by atoms with van der Waals surface area (Å²) < 4.78 is 9.19. The van der Waals surface area contributed by atoms with Crippen LogP contribution >= 0.6 is 0 Å². The Morgan fingerprint density at radius 3 is 2.82 bits per heavy atom. The molecule has 10 heteroatoms. The van der Waals surface area contributed by atoms with Gasteiger partial charge in [0.25, 0.3) is 0 Å². The maximum absolute atomic E-state index is 8.03. The number of ether oxygens (including phenoxy) is 1. The zero-order chi connectivity index (χ0) is 26.8. The van der Waals surface area contributed by atoms with E-state index < -0.39 is 0 Å². The summed E-state index contributed by atoms with van der Waals surface area (Å²) in [7, 11) is 3.89. The fourth-order valence-electron chi connectivity index (χ4n) is 5.32. The van der Waals surface area contributed by atoms with Gasteiger partial charge in [0.15, 0.2) is 5.82 Å². The van der Waals surface area contributed by atoms with Gasteiger partial charge < -0.3 is 20.8 Å². The minimum atomic E-state index is 0.386. The molecule has 0 amide bonds. The lowest BCUT2D eigenvalue weighted by Gasteiger charge is -2.22. The molecule has 3 N–H and O–H groups in total. The number of hydrogen-bond donors (Lipinski definition) is 3. The van der Waals surface area contributed by atoms with Crippen LogP contribution in [0.2, 0.25) is 0 Å². The first-order valence-corrected chi connectivity index (χ1v) is 13.4. The van der Waals surface area contributed by atoms with Gasteiger partial charge in [-0.05, 0) is 42.4 Å². The summed E-state index contributed by atoms with van der Waals surface area (Å²) >= 11 is 0. The van der Waals surface area contributed by atoms with Gasteiger partial charge in [-0.15, -0.1) is 0 Å². The van der Waals surface area contributed by atoms with E-state index in [0.717, 1.165) is 83.8 Å². The predicted molar refractivity (Wildman–Crippen MR) is 151 cm³/mol. The molecule has 0 saturated carbocycles. The van der Waals surface area contributed by atoms with Crippen LogP contribution in [0.5, 0.6) is 0 Å². The van der Waals surface area contributed by atoms with Crippen molar-refractivity contribution in [2.24, 2.45) is 14.1 Å².